The average molecular weight is 274 g/mol. The number of benzene rings is 1. The van der Waals surface area contributed by atoms with E-state index >= 15 is 0 Å². The van der Waals surface area contributed by atoms with E-state index in [1.165, 1.54) is 0 Å². The molecule has 3 N–H and O–H groups in total. The number of nitrogen functional groups attached to an aromatic ring is 1. The van der Waals surface area contributed by atoms with Crippen LogP contribution < -0.4 is 16.0 Å². The van der Waals surface area contributed by atoms with E-state index < -0.39 is 0 Å². The molecule has 0 unspecified atom stereocenters. The van der Waals surface area contributed by atoms with Crippen molar-refractivity contribution < 1.29 is 9.59 Å². The number of hydrogen-bond acceptors (Lipinski definition) is 4. The van der Waals surface area contributed by atoms with Crippen molar-refractivity contribution in [1.29, 1.82) is 0 Å². The Balaban J connectivity index is 1.92. The Morgan fingerprint density at radius 1 is 1.25 bits per heavy atom. The third-order valence-electron chi connectivity index (χ3n) is 3.89. The Kier molecular flexibility index (Phi) is 3.00. The molecule has 2 aliphatic rings. The molecule has 0 radical (unpaired) electrons. The molecular formula is C14H18N4O2. The summed E-state index contributed by atoms with van der Waals surface area (Å²) in [6.07, 6.45) is 1.28. The fourth-order valence-electron chi connectivity index (χ4n) is 2.75. The van der Waals surface area contributed by atoms with Gasteiger partial charge >= 0.3 is 0 Å². The van der Waals surface area contributed by atoms with Crippen LogP contribution in [0.1, 0.15) is 12.0 Å². The van der Waals surface area contributed by atoms with E-state index in [0.29, 0.717) is 18.7 Å². The molecule has 6 nitrogen and oxygen atoms in total. The summed E-state index contributed by atoms with van der Waals surface area (Å²) in [7, 11) is 1.82. The molecule has 0 spiro atoms. The van der Waals surface area contributed by atoms with Crippen molar-refractivity contribution in [3.63, 3.8) is 0 Å². The van der Waals surface area contributed by atoms with E-state index in [1.54, 1.807) is 4.90 Å². The number of amides is 2. The summed E-state index contributed by atoms with van der Waals surface area (Å²) in [4.78, 5) is 27.1. The molecule has 106 valence electrons. The minimum atomic E-state index is -0.0109. The van der Waals surface area contributed by atoms with E-state index in [4.69, 9.17) is 5.73 Å². The Labute approximate surface area is 117 Å². The van der Waals surface area contributed by atoms with Crippen LogP contribution in [0.4, 0.5) is 17.1 Å². The van der Waals surface area contributed by atoms with Gasteiger partial charge in [0.25, 0.3) is 0 Å². The number of nitrogens with two attached hydrogens (primary N) is 1. The number of nitrogens with zero attached hydrogens (tertiary/aromatic N) is 2. The van der Waals surface area contributed by atoms with Gasteiger partial charge in [-0.3, -0.25) is 9.59 Å². The highest BCUT2D eigenvalue weighted by atomic mass is 16.2. The van der Waals surface area contributed by atoms with Crippen LogP contribution in [-0.2, 0) is 16.0 Å². The number of carbonyl (C=O) groups is 2. The summed E-state index contributed by atoms with van der Waals surface area (Å²) in [5, 5.41) is 2.82. The SMILES string of the molecule is CN1CCCN(c2cc3c(cc2N)CC(=O)N3)CC1=O. The molecule has 0 aliphatic carbocycles. The van der Waals surface area contributed by atoms with Gasteiger partial charge in [0.2, 0.25) is 11.8 Å². The quantitative estimate of drug-likeness (QED) is 0.728. The maximum Gasteiger partial charge on any atom is 0.241 e. The van der Waals surface area contributed by atoms with Gasteiger partial charge in [0.15, 0.2) is 0 Å². The molecule has 2 heterocycles. The Morgan fingerprint density at radius 2 is 2.05 bits per heavy atom. The molecule has 0 atom stereocenters. The third kappa shape index (κ3) is 2.17. The maximum atomic E-state index is 12.0. The highest BCUT2D eigenvalue weighted by molar-refractivity contribution is 6.01. The molecule has 2 amide bonds. The molecular weight excluding hydrogens is 256 g/mol. The van der Waals surface area contributed by atoms with Crippen molar-refractivity contribution in [2.24, 2.45) is 0 Å². The highest BCUT2D eigenvalue weighted by Crippen LogP contribution is 2.34. The summed E-state index contributed by atoms with van der Waals surface area (Å²) in [5.74, 6) is 0.0784. The number of rotatable bonds is 1. The first kappa shape index (κ1) is 12.8. The molecule has 1 aromatic carbocycles. The molecule has 2 aliphatic heterocycles. The van der Waals surface area contributed by atoms with E-state index in [9.17, 15) is 9.59 Å². The lowest BCUT2D eigenvalue weighted by molar-refractivity contribution is -0.127. The predicted octanol–water partition coefficient (Wildman–Crippen LogP) is 0.432. The molecule has 20 heavy (non-hydrogen) atoms. The van der Waals surface area contributed by atoms with E-state index in [2.05, 4.69) is 5.32 Å². The fraction of sp³-hybridized carbons (Fsp3) is 0.429. The number of likely N-dealkylation sites (N-methyl/N-ethyl adjacent to an activating group) is 1. The Hall–Kier alpha value is -2.24. The number of fused-ring (bicyclic) bond motifs is 1. The van der Waals surface area contributed by atoms with Crippen molar-refractivity contribution in [1.82, 2.24) is 4.90 Å². The third-order valence-corrected chi connectivity index (χ3v) is 3.89. The zero-order valence-corrected chi connectivity index (χ0v) is 11.5. The zero-order chi connectivity index (χ0) is 14.3. The van der Waals surface area contributed by atoms with Crippen LogP contribution in [0.2, 0.25) is 0 Å². The van der Waals surface area contributed by atoms with Gasteiger partial charge in [0.1, 0.15) is 0 Å². The Bertz CT molecular complexity index is 585. The van der Waals surface area contributed by atoms with Crippen molar-refractivity contribution in [3.8, 4) is 0 Å². The van der Waals surface area contributed by atoms with Gasteiger partial charge in [-0.15, -0.1) is 0 Å². The van der Waals surface area contributed by atoms with Gasteiger partial charge in [0, 0.05) is 25.8 Å². The molecule has 0 saturated carbocycles. The van der Waals surface area contributed by atoms with E-state index in [-0.39, 0.29) is 11.8 Å². The second-order valence-corrected chi connectivity index (χ2v) is 5.38. The predicted molar refractivity (Wildman–Crippen MR) is 77.7 cm³/mol. The number of anilines is 3. The van der Waals surface area contributed by atoms with Crippen LogP contribution in [0.25, 0.3) is 0 Å². The number of nitrogens with one attached hydrogen (secondary N) is 1. The molecule has 3 rings (SSSR count). The first-order chi connectivity index (χ1) is 9.54. The van der Waals surface area contributed by atoms with Crippen LogP contribution in [0.3, 0.4) is 0 Å². The summed E-state index contributed by atoms with van der Waals surface area (Å²) in [6, 6.07) is 3.72. The summed E-state index contributed by atoms with van der Waals surface area (Å²) < 4.78 is 0. The molecule has 0 bridgehead atoms. The van der Waals surface area contributed by atoms with Gasteiger partial charge in [0.05, 0.1) is 24.3 Å². The standard InChI is InChI=1S/C14H18N4O2/c1-17-3-2-4-18(8-14(17)20)12-7-11-9(5-10(12)15)6-13(19)16-11/h5,7H,2-4,6,8,15H2,1H3,(H,16,19). The molecule has 1 saturated heterocycles. The van der Waals surface area contributed by atoms with Crippen LogP contribution in [0.15, 0.2) is 12.1 Å². The van der Waals surface area contributed by atoms with Gasteiger partial charge < -0.3 is 20.9 Å². The van der Waals surface area contributed by atoms with E-state index in [0.717, 1.165) is 36.4 Å². The molecule has 0 aromatic heterocycles. The fourth-order valence-corrected chi connectivity index (χ4v) is 2.75. The second-order valence-electron chi connectivity index (χ2n) is 5.38. The summed E-state index contributed by atoms with van der Waals surface area (Å²) in [6.45, 7) is 1.87. The van der Waals surface area contributed by atoms with Crippen molar-refractivity contribution in [3.05, 3.63) is 17.7 Å². The summed E-state index contributed by atoms with van der Waals surface area (Å²) >= 11 is 0. The lowest BCUT2D eigenvalue weighted by atomic mass is 10.1. The first-order valence-corrected chi connectivity index (χ1v) is 6.76. The van der Waals surface area contributed by atoms with Crippen LogP contribution in [0, 0.1) is 0 Å². The van der Waals surface area contributed by atoms with Crippen LogP contribution in [0.5, 0.6) is 0 Å². The van der Waals surface area contributed by atoms with Gasteiger partial charge in [-0.2, -0.15) is 0 Å². The van der Waals surface area contributed by atoms with Crippen LogP contribution in [-0.4, -0.2) is 43.4 Å². The monoisotopic (exact) mass is 274 g/mol. The highest BCUT2D eigenvalue weighted by Gasteiger charge is 2.24. The molecule has 1 aromatic rings. The topological polar surface area (TPSA) is 78.7 Å². The minimum absolute atomic E-state index is 0.0109. The number of hydrogen-bond donors (Lipinski definition) is 2. The van der Waals surface area contributed by atoms with Gasteiger partial charge in [-0.05, 0) is 24.1 Å². The largest absolute Gasteiger partial charge is 0.397 e. The first-order valence-electron chi connectivity index (χ1n) is 6.76. The van der Waals surface area contributed by atoms with Crippen molar-refractivity contribution >= 4 is 28.9 Å². The molecule has 6 heteroatoms. The Morgan fingerprint density at radius 3 is 2.85 bits per heavy atom. The van der Waals surface area contributed by atoms with Crippen molar-refractivity contribution in [2.45, 2.75) is 12.8 Å². The number of carbonyl (C=O) groups excluding carboxylic acids is 2. The normalized spacial score (nSPS) is 18.9. The lowest BCUT2D eigenvalue weighted by Gasteiger charge is -2.24. The maximum absolute atomic E-state index is 12.0. The lowest BCUT2D eigenvalue weighted by Crippen LogP contribution is -2.34. The smallest absolute Gasteiger partial charge is 0.241 e. The van der Waals surface area contributed by atoms with Gasteiger partial charge in [-0.25, -0.2) is 0 Å². The van der Waals surface area contributed by atoms with Crippen molar-refractivity contribution in [2.75, 3.05) is 42.6 Å². The second kappa shape index (κ2) is 4.70. The van der Waals surface area contributed by atoms with Gasteiger partial charge in [-0.1, -0.05) is 0 Å². The average Bonchev–Trinajstić information content (AvgIpc) is 2.66. The van der Waals surface area contributed by atoms with E-state index in [1.807, 2.05) is 24.1 Å². The summed E-state index contributed by atoms with van der Waals surface area (Å²) in [5.41, 5.74) is 9.28. The molecule has 1 fully saturated rings. The minimum Gasteiger partial charge on any atom is -0.397 e. The van der Waals surface area contributed by atoms with Crippen LogP contribution >= 0.6 is 0 Å². The zero-order valence-electron chi connectivity index (χ0n) is 11.5.